The lowest BCUT2D eigenvalue weighted by Crippen LogP contribution is -2.42. The van der Waals surface area contributed by atoms with Crippen molar-refractivity contribution in [3.8, 4) is 0 Å². The van der Waals surface area contributed by atoms with E-state index in [2.05, 4.69) is 15.6 Å². The maximum absolute atomic E-state index is 11.8. The number of nitrogens with one attached hydrogen (secondary N) is 2. The van der Waals surface area contributed by atoms with Crippen molar-refractivity contribution >= 4 is 11.9 Å². The first kappa shape index (κ1) is 24.1. The highest BCUT2D eigenvalue weighted by Crippen LogP contribution is 2.10. The molecule has 1 amide bonds. The van der Waals surface area contributed by atoms with Gasteiger partial charge in [-0.1, -0.05) is 30.3 Å². The van der Waals surface area contributed by atoms with Gasteiger partial charge in [0.2, 0.25) is 5.91 Å². The number of amides is 1. The number of guanidine groups is 1. The fourth-order valence-electron chi connectivity index (χ4n) is 2.84. The molecule has 8 nitrogen and oxygen atoms in total. The largest absolute Gasteiger partial charge is 0.379 e. The van der Waals surface area contributed by atoms with Crippen LogP contribution in [0.1, 0.15) is 24.8 Å². The minimum absolute atomic E-state index is 0.0351. The van der Waals surface area contributed by atoms with E-state index in [1.54, 1.807) is 14.1 Å². The molecule has 1 aromatic carbocycles. The second-order valence-electron chi connectivity index (χ2n) is 7.40. The van der Waals surface area contributed by atoms with Crippen LogP contribution in [0.15, 0.2) is 35.3 Å². The van der Waals surface area contributed by atoms with Gasteiger partial charge in [0.1, 0.15) is 6.54 Å². The molecule has 8 heteroatoms. The smallest absolute Gasteiger partial charge is 0.243 e. The van der Waals surface area contributed by atoms with Crippen LogP contribution >= 0.6 is 0 Å². The molecule has 1 aliphatic rings. The van der Waals surface area contributed by atoms with Crippen LogP contribution in [0.4, 0.5) is 0 Å². The van der Waals surface area contributed by atoms with E-state index in [9.17, 15) is 4.79 Å². The molecule has 1 unspecified atom stereocenters. The Hall–Kier alpha value is -2.16. The van der Waals surface area contributed by atoms with Crippen LogP contribution in [0.3, 0.4) is 0 Å². The highest BCUT2D eigenvalue weighted by atomic mass is 16.5. The Morgan fingerprint density at radius 3 is 2.70 bits per heavy atom. The normalized spacial score (nSPS) is 16.5. The first-order valence-electron chi connectivity index (χ1n) is 10.7. The second-order valence-corrected chi connectivity index (χ2v) is 7.40. The van der Waals surface area contributed by atoms with Crippen molar-refractivity contribution in [3.63, 3.8) is 0 Å². The standard InChI is InChI=1S/C22H36N4O4/c1-26(2)21(27)17-25-22(24-16-20-10-6-13-30-20)23-11-7-12-28-14-15-29-18-19-8-4-3-5-9-19/h3-5,8-9,20H,6-7,10-18H2,1-2H3,(H2,23,24,25). The summed E-state index contributed by atoms with van der Waals surface area (Å²) in [6, 6.07) is 10.1. The molecule has 30 heavy (non-hydrogen) atoms. The molecule has 0 spiro atoms. The molecule has 0 aromatic heterocycles. The van der Waals surface area contributed by atoms with Gasteiger partial charge in [-0.3, -0.25) is 4.79 Å². The molecule has 168 valence electrons. The average Bonchev–Trinajstić information content (AvgIpc) is 3.28. The van der Waals surface area contributed by atoms with Crippen molar-refractivity contribution in [2.75, 3.05) is 60.2 Å². The molecule has 1 saturated heterocycles. The molecule has 1 atom stereocenters. The molecule has 0 saturated carbocycles. The molecule has 1 heterocycles. The summed E-state index contributed by atoms with van der Waals surface area (Å²) in [6.45, 7) is 4.72. The summed E-state index contributed by atoms with van der Waals surface area (Å²) in [6.07, 6.45) is 3.19. The molecular weight excluding hydrogens is 384 g/mol. The monoisotopic (exact) mass is 420 g/mol. The lowest BCUT2D eigenvalue weighted by molar-refractivity contribution is -0.127. The van der Waals surface area contributed by atoms with E-state index in [4.69, 9.17) is 14.2 Å². The molecule has 0 radical (unpaired) electrons. The van der Waals surface area contributed by atoms with Crippen molar-refractivity contribution in [3.05, 3.63) is 35.9 Å². The van der Waals surface area contributed by atoms with E-state index in [0.717, 1.165) is 31.4 Å². The van der Waals surface area contributed by atoms with Gasteiger partial charge in [0.15, 0.2) is 5.96 Å². The maximum Gasteiger partial charge on any atom is 0.243 e. The van der Waals surface area contributed by atoms with Gasteiger partial charge in [-0.25, -0.2) is 4.99 Å². The summed E-state index contributed by atoms with van der Waals surface area (Å²) in [5, 5.41) is 6.54. The lowest BCUT2D eigenvalue weighted by Gasteiger charge is -2.16. The van der Waals surface area contributed by atoms with E-state index in [1.165, 1.54) is 4.90 Å². The predicted molar refractivity (Wildman–Crippen MR) is 118 cm³/mol. The molecule has 1 aliphatic heterocycles. The van der Waals surface area contributed by atoms with Gasteiger partial charge in [-0.15, -0.1) is 0 Å². The zero-order valence-corrected chi connectivity index (χ0v) is 18.3. The number of hydrogen-bond donors (Lipinski definition) is 2. The van der Waals surface area contributed by atoms with Crippen molar-refractivity contribution < 1.29 is 19.0 Å². The second kappa shape index (κ2) is 14.8. The van der Waals surface area contributed by atoms with Gasteiger partial charge >= 0.3 is 0 Å². The Morgan fingerprint density at radius 2 is 1.97 bits per heavy atom. The highest BCUT2D eigenvalue weighted by Gasteiger charge is 2.15. The van der Waals surface area contributed by atoms with Crippen LogP contribution < -0.4 is 10.6 Å². The minimum Gasteiger partial charge on any atom is -0.379 e. The number of benzene rings is 1. The van der Waals surface area contributed by atoms with Gasteiger partial charge in [-0.05, 0) is 24.8 Å². The lowest BCUT2D eigenvalue weighted by atomic mass is 10.2. The summed E-state index contributed by atoms with van der Waals surface area (Å²) in [7, 11) is 3.46. The third-order valence-electron chi connectivity index (χ3n) is 4.63. The van der Waals surface area contributed by atoms with E-state index in [0.29, 0.717) is 45.5 Å². The third kappa shape index (κ3) is 10.6. The quantitative estimate of drug-likeness (QED) is 0.285. The van der Waals surface area contributed by atoms with E-state index >= 15 is 0 Å². The topological polar surface area (TPSA) is 84.4 Å². The Balaban J connectivity index is 1.56. The number of carbonyl (C=O) groups excluding carboxylic acids is 1. The van der Waals surface area contributed by atoms with Crippen LogP contribution in [-0.2, 0) is 25.6 Å². The number of carbonyl (C=O) groups is 1. The first-order chi connectivity index (χ1) is 14.6. The van der Waals surface area contributed by atoms with Crippen LogP contribution in [-0.4, -0.2) is 83.0 Å². The first-order valence-corrected chi connectivity index (χ1v) is 10.7. The van der Waals surface area contributed by atoms with Gasteiger partial charge in [0, 0.05) is 40.4 Å². The van der Waals surface area contributed by atoms with E-state index < -0.39 is 0 Å². The molecule has 1 fully saturated rings. The number of aliphatic imine (C=N–C) groups is 1. The number of hydrogen-bond acceptors (Lipinski definition) is 5. The average molecular weight is 421 g/mol. The summed E-state index contributed by atoms with van der Waals surface area (Å²) < 4.78 is 16.9. The summed E-state index contributed by atoms with van der Waals surface area (Å²) in [5.41, 5.74) is 1.16. The van der Waals surface area contributed by atoms with Crippen molar-refractivity contribution in [2.24, 2.45) is 4.99 Å². The predicted octanol–water partition coefficient (Wildman–Crippen LogP) is 1.41. The Kier molecular flexibility index (Phi) is 11.9. The van der Waals surface area contributed by atoms with Gasteiger partial charge < -0.3 is 29.7 Å². The summed E-state index contributed by atoms with van der Waals surface area (Å²) in [4.78, 5) is 17.7. The molecule has 2 rings (SSSR count). The number of nitrogens with zero attached hydrogens (tertiary/aromatic N) is 2. The van der Waals surface area contributed by atoms with Gasteiger partial charge in [-0.2, -0.15) is 0 Å². The van der Waals surface area contributed by atoms with Crippen molar-refractivity contribution in [1.82, 2.24) is 15.5 Å². The van der Waals surface area contributed by atoms with Crippen LogP contribution in [0.25, 0.3) is 0 Å². The molecular formula is C22H36N4O4. The van der Waals surface area contributed by atoms with E-state index in [-0.39, 0.29) is 18.6 Å². The summed E-state index contributed by atoms with van der Waals surface area (Å²) in [5.74, 6) is 0.596. The van der Waals surface area contributed by atoms with Gasteiger partial charge in [0.05, 0.1) is 25.9 Å². The molecule has 0 bridgehead atoms. The SMILES string of the molecule is CN(C)C(=O)CN=C(NCCCOCCOCc1ccccc1)NCC1CCCO1. The highest BCUT2D eigenvalue weighted by molar-refractivity contribution is 5.84. The van der Waals surface area contributed by atoms with Crippen molar-refractivity contribution in [2.45, 2.75) is 32.0 Å². The van der Waals surface area contributed by atoms with E-state index in [1.807, 2.05) is 30.3 Å². The Labute approximate surface area is 180 Å². The number of rotatable bonds is 13. The number of ether oxygens (including phenoxy) is 3. The molecule has 2 N–H and O–H groups in total. The van der Waals surface area contributed by atoms with Crippen molar-refractivity contribution in [1.29, 1.82) is 0 Å². The number of likely N-dealkylation sites (N-methyl/N-ethyl adjacent to an activating group) is 1. The van der Waals surface area contributed by atoms with Gasteiger partial charge in [0.25, 0.3) is 0 Å². The zero-order chi connectivity index (χ0) is 21.4. The van der Waals surface area contributed by atoms with Crippen LogP contribution in [0.2, 0.25) is 0 Å². The molecule has 1 aromatic rings. The Morgan fingerprint density at radius 1 is 1.17 bits per heavy atom. The fraction of sp³-hybridized carbons (Fsp3) is 0.636. The zero-order valence-electron chi connectivity index (χ0n) is 18.3. The summed E-state index contributed by atoms with van der Waals surface area (Å²) >= 11 is 0. The Bertz CT molecular complexity index is 619. The fourth-order valence-corrected chi connectivity index (χ4v) is 2.84. The molecule has 0 aliphatic carbocycles. The maximum atomic E-state index is 11.8. The van der Waals surface area contributed by atoms with Crippen LogP contribution in [0.5, 0.6) is 0 Å². The van der Waals surface area contributed by atoms with Crippen LogP contribution in [0, 0.1) is 0 Å². The minimum atomic E-state index is -0.0351. The third-order valence-corrected chi connectivity index (χ3v) is 4.63.